The predicted molar refractivity (Wildman–Crippen MR) is 100 cm³/mol. The molecule has 1 aliphatic rings. The molecule has 1 unspecified atom stereocenters. The lowest BCUT2D eigenvalue weighted by molar-refractivity contribution is -0.114. The van der Waals surface area contributed by atoms with Crippen LogP contribution in [0.4, 0.5) is 5.69 Å². The van der Waals surface area contributed by atoms with Gasteiger partial charge in [0.15, 0.2) is 0 Å². The van der Waals surface area contributed by atoms with Gasteiger partial charge in [-0.05, 0) is 24.3 Å². The van der Waals surface area contributed by atoms with Crippen LogP contribution in [0.15, 0.2) is 48.5 Å². The number of anilines is 1. The molecular formula is C20H23N3O3. The highest BCUT2D eigenvalue weighted by molar-refractivity contribution is 5.97. The van der Waals surface area contributed by atoms with Crippen LogP contribution in [-0.4, -0.2) is 43.5 Å². The minimum absolute atomic E-state index is 0.0605. The Morgan fingerprint density at radius 1 is 1.19 bits per heavy atom. The highest BCUT2D eigenvalue weighted by Gasteiger charge is 2.30. The van der Waals surface area contributed by atoms with Gasteiger partial charge in [0.2, 0.25) is 5.91 Å². The lowest BCUT2D eigenvalue weighted by Gasteiger charge is -2.37. The van der Waals surface area contributed by atoms with Crippen molar-refractivity contribution in [2.75, 3.05) is 32.1 Å². The van der Waals surface area contributed by atoms with Crippen LogP contribution in [0.1, 0.15) is 28.9 Å². The number of rotatable bonds is 4. The maximum absolute atomic E-state index is 13.2. The van der Waals surface area contributed by atoms with Gasteiger partial charge in [0, 0.05) is 43.4 Å². The number of para-hydroxylation sites is 1. The highest BCUT2D eigenvalue weighted by Crippen LogP contribution is 2.31. The molecule has 26 heavy (non-hydrogen) atoms. The molecule has 2 aromatic carbocycles. The Bertz CT molecular complexity index is 806. The smallest absolute Gasteiger partial charge is 0.254 e. The summed E-state index contributed by atoms with van der Waals surface area (Å²) in [7, 11) is 1.64. The van der Waals surface area contributed by atoms with Gasteiger partial charge in [0.25, 0.3) is 5.91 Å². The summed E-state index contributed by atoms with van der Waals surface area (Å²) >= 11 is 0. The van der Waals surface area contributed by atoms with E-state index in [9.17, 15) is 9.59 Å². The van der Waals surface area contributed by atoms with Crippen molar-refractivity contribution in [1.82, 2.24) is 10.2 Å². The van der Waals surface area contributed by atoms with E-state index in [0.29, 0.717) is 24.3 Å². The minimum Gasteiger partial charge on any atom is -0.496 e. The van der Waals surface area contributed by atoms with Crippen molar-refractivity contribution < 1.29 is 14.3 Å². The van der Waals surface area contributed by atoms with Crippen LogP contribution < -0.4 is 15.4 Å². The first-order valence-electron chi connectivity index (χ1n) is 8.62. The van der Waals surface area contributed by atoms with Crippen LogP contribution in [0.3, 0.4) is 0 Å². The number of piperazine rings is 1. The van der Waals surface area contributed by atoms with Crippen LogP contribution >= 0.6 is 0 Å². The van der Waals surface area contributed by atoms with Crippen molar-refractivity contribution >= 4 is 17.5 Å². The normalized spacial score (nSPS) is 16.8. The van der Waals surface area contributed by atoms with Crippen molar-refractivity contribution in [2.45, 2.75) is 13.0 Å². The molecule has 1 fully saturated rings. The zero-order valence-corrected chi connectivity index (χ0v) is 15.0. The second-order valence-electron chi connectivity index (χ2n) is 6.22. The predicted octanol–water partition coefficient (Wildman–Crippen LogP) is 2.44. The number of carbonyl (C=O) groups is 2. The number of nitrogens with zero attached hydrogens (tertiary/aromatic N) is 1. The highest BCUT2D eigenvalue weighted by atomic mass is 16.5. The third-order valence-electron chi connectivity index (χ3n) is 4.43. The maximum atomic E-state index is 13.2. The van der Waals surface area contributed by atoms with Crippen LogP contribution in [0, 0.1) is 0 Å². The number of amides is 2. The first kappa shape index (κ1) is 17.9. The summed E-state index contributed by atoms with van der Waals surface area (Å²) in [6, 6.07) is 14.7. The summed E-state index contributed by atoms with van der Waals surface area (Å²) in [6.07, 6.45) is 0. The number of ether oxygens (including phenoxy) is 1. The van der Waals surface area contributed by atoms with Crippen LogP contribution in [0.5, 0.6) is 5.75 Å². The average molecular weight is 353 g/mol. The lowest BCUT2D eigenvalue weighted by Crippen LogP contribution is -2.48. The average Bonchev–Trinajstić information content (AvgIpc) is 2.67. The Morgan fingerprint density at radius 2 is 2.00 bits per heavy atom. The van der Waals surface area contributed by atoms with E-state index in [1.165, 1.54) is 6.92 Å². The fraction of sp³-hybridized carbons (Fsp3) is 0.300. The maximum Gasteiger partial charge on any atom is 0.254 e. The Kier molecular flexibility index (Phi) is 5.53. The first-order valence-corrected chi connectivity index (χ1v) is 8.62. The molecule has 0 saturated carbocycles. The van der Waals surface area contributed by atoms with Crippen molar-refractivity contribution in [3.63, 3.8) is 0 Å². The van der Waals surface area contributed by atoms with Gasteiger partial charge in [0.1, 0.15) is 5.75 Å². The summed E-state index contributed by atoms with van der Waals surface area (Å²) in [5.74, 6) is 0.546. The molecule has 1 aliphatic heterocycles. The summed E-state index contributed by atoms with van der Waals surface area (Å²) in [4.78, 5) is 26.3. The van der Waals surface area contributed by atoms with Gasteiger partial charge in [-0.25, -0.2) is 0 Å². The summed E-state index contributed by atoms with van der Waals surface area (Å²) in [6.45, 7) is 3.45. The van der Waals surface area contributed by atoms with Gasteiger partial charge in [-0.3, -0.25) is 9.59 Å². The van der Waals surface area contributed by atoms with Gasteiger partial charge in [0.05, 0.1) is 13.2 Å². The van der Waals surface area contributed by atoms with Gasteiger partial charge in [-0.1, -0.05) is 24.3 Å². The zero-order valence-electron chi connectivity index (χ0n) is 15.0. The molecule has 0 spiro atoms. The van der Waals surface area contributed by atoms with Crippen molar-refractivity contribution in [3.05, 3.63) is 59.7 Å². The summed E-state index contributed by atoms with van der Waals surface area (Å²) in [5.41, 5.74) is 2.15. The van der Waals surface area contributed by atoms with Crippen LogP contribution in [0.2, 0.25) is 0 Å². The van der Waals surface area contributed by atoms with E-state index in [4.69, 9.17) is 4.74 Å². The Morgan fingerprint density at radius 3 is 2.77 bits per heavy atom. The third-order valence-corrected chi connectivity index (χ3v) is 4.43. The van der Waals surface area contributed by atoms with Gasteiger partial charge < -0.3 is 20.3 Å². The topological polar surface area (TPSA) is 70.7 Å². The van der Waals surface area contributed by atoms with Crippen molar-refractivity contribution in [2.24, 2.45) is 0 Å². The molecule has 136 valence electrons. The van der Waals surface area contributed by atoms with Crippen molar-refractivity contribution in [1.29, 1.82) is 0 Å². The molecular weight excluding hydrogens is 330 g/mol. The SMILES string of the molecule is COc1ccccc1C1CNCCN1C(=O)c1cccc(NC(C)=O)c1. The standard InChI is InChI=1S/C20H23N3O3/c1-14(24)22-16-7-5-6-15(12-16)20(25)23-11-10-21-13-18(23)17-8-3-4-9-19(17)26-2/h3-9,12,18,21H,10-11,13H2,1-2H3,(H,22,24). The fourth-order valence-corrected chi connectivity index (χ4v) is 3.27. The second kappa shape index (κ2) is 8.01. The molecule has 1 atom stereocenters. The Balaban J connectivity index is 1.90. The molecule has 2 N–H and O–H groups in total. The van der Waals surface area contributed by atoms with E-state index in [0.717, 1.165) is 17.9 Å². The van der Waals surface area contributed by atoms with Crippen LogP contribution in [-0.2, 0) is 4.79 Å². The molecule has 0 aliphatic carbocycles. The first-order chi connectivity index (χ1) is 12.6. The molecule has 1 saturated heterocycles. The number of carbonyl (C=O) groups excluding carboxylic acids is 2. The summed E-state index contributed by atoms with van der Waals surface area (Å²) in [5, 5.41) is 6.07. The second-order valence-corrected chi connectivity index (χ2v) is 6.22. The molecule has 1 heterocycles. The van der Waals surface area contributed by atoms with Crippen molar-refractivity contribution in [3.8, 4) is 5.75 Å². The van der Waals surface area contributed by atoms with E-state index >= 15 is 0 Å². The zero-order chi connectivity index (χ0) is 18.5. The van der Waals surface area contributed by atoms with E-state index < -0.39 is 0 Å². The Labute approximate surface area is 153 Å². The van der Waals surface area contributed by atoms with E-state index in [-0.39, 0.29) is 17.9 Å². The number of methoxy groups -OCH3 is 1. The monoisotopic (exact) mass is 353 g/mol. The minimum atomic E-state index is -0.163. The number of nitrogens with one attached hydrogen (secondary N) is 2. The molecule has 0 radical (unpaired) electrons. The molecule has 6 nitrogen and oxygen atoms in total. The summed E-state index contributed by atoms with van der Waals surface area (Å²) < 4.78 is 5.48. The number of benzene rings is 2. The van der Waals surface area contributed by atoms with E-state index in [1.54, 1.807) is 31.4 Å². The van der Waals surface area contributed by atoms with Gasteiger partial charge in [-0.15, -0.1) is 0 Å². The third kappa shape index (κ3) is 3.86. The Hall–Kier alpha value is -2.86. The molecule has 3 rings (SSSR count). The van der Waals surface area contributed by atoms with Gasteiger partial charge >= 0.3 is 0 Å². The van der Waals surface area contributed by atoms with Crippen LogP contribution in [0.25, 0.3) is 0 Å². The van der Waals surface area contributed by atoms with Gasteiger partial charge in [-0.2, -0.15) is 0 Å². The quantitative estimate of drug-likeness (QED) is 0.886. The molecule has 6 heteroatoms. The van der Waals surface area contributed by atoms with E-state index in [2.05, 4.69) is 10.6 Å². The number of hydrogen-bond acceptors (Lipinski definition) is 4. The largest absolute Gasteiger partial charge is 0.496 e. The fourth-order valence-electron chi connectivity index (χ4n) is 3.27. The lowest BCUT2D eigenvalue weighted by atomic mass is 10.0. The molecule has 2 aromatic rings. The molecule has 0 aromatic heterocycles. The number of hydrogen-bond donors (Lipinski definition) is 2. The van der Waals surface area contributed by atoms with E-state index in [1.807, 2.05) is 29.2 Å². The molecule has 0 bridgehead atoms. The molecule has 2 amide bonds.